The minimum absolute atomic E-state index is 0.126. The first-order chi connectivity index (χ1) is 12.6. The summed E-state index contributed by atoms with van der Waals surface area (Å²) < 4.78 is 0. The highest BCUT2D eigenvalue weighted by molar-refractivity contribution is 7.98. The molecule has 0 aliphatic carbocycles. The van der Waals surface area contributed by atoms with Gasteiger partial charge in [0.15, 0.2) is 5.13 Å². The van der Waals surface area contributed by atoms with Crippen LogP contribution in [-0.4, -0.2) is 33.0 Å². The highest BCUT2D eigenvalue weighted by Gasteiger charge is 2.12. The molecule has 0 aliphatic heterocycles. The van der Waals surface area contributed by atoms with Crippen molar-refractivity contribution in [3.05, 3.63) is 59.6 Å². The van der Waals surface area contributed by atoms with Gasteiger partial charge in [-0.25, -0.2) is 9.97 Å². The van der Waals surface area contributed by atoms with Gasteiger partial charge in [0.05, 0.1) is 18.3 Å². The standard InChI is InChI=1S/C17H15N5O2S2/c1-25-13-4-2-3-11(7-13)20-15(23)8-12-10-26-17(21-12)22-16(24)14-9-18-5-6-19-14/h2-7,9-10H,8H2,1H3,(H,20,23)(H,21,22,24). The fourth-order valence-corrected chi connectivity index (χ4v) is 3.26. The average Bonchev–Trinajstić information content (AvgIpc) is 3.09. The normalized spacial score (nSPS) is 10.3. The summed E-state index contributed by atoms with van der Waals surface area (Å²) in [4.78, 5) is 37.3. The number of hydrogen-bond donors (Lipinski definition) is 2. The maximum atomic E-state index is 12.2. The molecule has 3 rings (SSSR count). The fraction of sp³-hybridized carbons (Fsp3) is 0.118. The van der Waals surface area contributed by atoms with Crippen LogP contribution in [0.2, 0.25) is 0 Å². The zero-order valence-corrected chi connectivity index (χ0v) is 15.4. The monoisotopic (exact) mass is 385 g/mol. The van der Waals surface area contributed by atoms with Crippen LogP contribution in [0, 0.1) is 0 Å². The Balaban J connectivity index is 1.57. The van der Waals surface area contributed by atoms with E-state index in [1.54, 1.807) is 17.1 Å². The summed E-state index contributed by atoms with van der Waals surface area (Å²) in [6.07, 6.45) is 6.42. The van der Waals surface area contributed by atoms with Crippen LogP contribution in [0.1, 0.15) is 16.2 Å². The van der Waals surface area contributed by atoms with Gasteiger partial charge in [-0.15, -0.1) is 23.1 Å². The summed E-state index contributed by atoms with van der Waals surface area (Å²) >= 11 is 2.86. The largest absolute Gasteiger partial charge is 0.326 e. The van der Waals surface area contributed by atoms with Crippen LogP contribution in [0.25, 0.3) is 0 Å². The topological polar surface area (TPSA) is 96.9 Å². The molecule has 0 fully saturated rings. The number of thioether (sulfide) groups is 1. The van der Waals surface area contributed by atoms with Crippen LogP contribution in [-0.2, 0) is 11.2 Å². The first-order valence-electron chi connectivity index (χ1n) is 7.60. The molecule has 0 atom stereocenters. The van der Waals surface area contributed by atoms with Gasteiger partial charge >= 0.3 is 0 Å². The smallest absolute Gasteiger partial charge is 0.277 e. The number of benzene rings is 1. The van der Waals surface area contributed by atoms with Gasteiger partial charge < -0.3 is 5.32 Å². The van der Waals surface area contributed by atoms with E-state index in [1.807, 2.05) is 30.5 Å². The molecule has 0 aliphatic rings. The molecule has 2 aromatic heterocycles. The third-order valence-corrected chi connectivity index (χ3v) is 4.80. The highest BCUT2D eigenvalue weighted by Crippen LogP contribution is 2.20. The van der Waals surface area contributed by atoms with Crippen LogP contribution in [0.5, 0.6) is 0 Å². The van der Waals surface area contributed by atoms with Gasteiger partial charge in [0.2, 0.25) is 5.91 Å². The predicted octanol–water partition coefficient (Wildman–Crippen LogP) is 3.09. The first-order valence-corrected chi connectivity index (χ1v) is 9.70. The van der Waals surface area contributed by atoms with E-state index < -0.39 is 5.91 Å². The maximum Gasteiger partial charge on any atom is 0.277 e. The SMILES string of the molecule is CSc1cccc(NC(=O)Cc2csc(NC(=O)c3cnccn3)n2)c1. The van der Waals surface area contributed by atoms with Crippen molar-refractivity contribution in [2.45, 2.75) is 11.3 Å². The van der Waals surface area contributed by atoms with E-state index in [0.717, 1.165) is 10.6 Å². The number of carbonyl (C=O) groups excluding carboxylic acids is 2. The lowest BCUT2D eigenvalue weighted by molar-refractivity contribution is -0.115. The minimum atomic E-state index is -0.391. The molecule has 2 heterocycles. The van der Waals surface area contributed by atoms with E-state index in [1.165, 1.54) is 29.9 Å². The van der Waals surface area contributed by atoms with Gasteiger partial charge in [-0.05, 0) is 24.5 Å². The zero-order valence-electron chi connectivity index (χ0n) is 13.8. The summed E-state index contributed by atoms with van der Waals surface area (Å²) in [5, 5.41) is 7.65. The molecule has 26 heavy (non-hydrogen) atoms. The van der Waals surface area contributed by atoms with E-state index in [2.05, 4.69) is 25.6 Å². The second kappa shape index (κ2) is 8.54. The second-order valence-electron chi connectivity index (χ2n) is 5.15. The number of nitrogens with zero attached hydrogens (tertiary/aromatic N) is 3. The lowest BCUT2D eigenvalue weighted by atomic mass is 10.3. The van der Waals surface area contributed by atoms with Gasteiger partial charge in [-0.2, -0.15) is 0 Å². The second-order valence-corrected chi connectivity index (χ2v) is 6.88. The molecule has 7 nitrogen and oxygen atoms in total. The lowest BCUT2D eigenvalue weighted by Crippen LogP contribution is -2.15. The van der Waals surface area contributed by atoms with E-state index in [4.69, 9.17) is 0 Å². The maximum absolute atomic E-state index is 12.2. The summed E-state index contributed by atoms with van der Waals surface area (Å²) in [5.41, 5.74) is 1.53. The molecule has 0 radical (unpaired) electrons. The third kappa shape index (κ3) is 4.87. The fourth-order valence-electron chi connectivity index (χ4n) is 2.09. The Morgan fingerprint density at radius 1 is 1.23 bits per heavy atom. The number of nitrogens with one attached hydrogen (secondary N) is 2. The van der Waals surface area contributed by atoms with E-state index >= 15 is 0 Å². The minimum Gasteiger partial charge on any atom is -0.326 e. The Labute approximate surface area is 158 Å². The number of rotatable bonds is 6. The van der Waals surface area contributed by atoms with Gasteiger partial charge in [0, 0.05) is 28.4 Å². The van der Waals surface area contributed by atoms with Crippen molar-refractivity contribution in [1.29, 1.82) is 0 Å². The van der Waals surface area contributed by atoms with Crippen LogP contribution in [0.3, 0.4) is 0 Å². The van der Waals surface area contributed by atoms with E-state index in [0.29, 0.717) is 10.8 Å². The number of thiazole rings is 1. The Morgan fingerprint density at radius 2 is 2.12 bits per heavy atom. The molecule has 2 N–H and O–H groups in total. The molecule has 0 saturated carbocycles. The number of hydrogen-bond acceptors (Lipinski definition) is 7. The Hall–Kier alpha value is -2.78. The lowest BCUT2D eigenvalue weighted by Gasteiger charge is -2.05. The van der Waals surface area contributed by atoms with Gasteiger partial charge in [0.25, 0.3) is 5.91 Å². The molecule has 9 heteroatoms. The third-order valence-electron chi connectivity index (χ3n) is 3.26. The molecular formula is C17H15N5O2S2. The van der Waals surface area contributed by atoms with Crippen LogP contribution in [0.4, 0.5) is 10.8 Å². The quantitative estimate of drug-likeness (QED) is 0.633. The van der Waals surface area contributed by atoms with Crippen molar-refractivity contribution in [3.8, 4) is 0 Å². The van der Waals surface area contributed by atoms with Crippen molar-refractivity contribution < 1.29 is 9.59 Å². The average molecular weight is 385 g/mol. The number of anilines is 2. The first kappa shape index (κ1) is 18.0. The molecule has 0 bridgehead atoms. The summed E-state index contributed by atoms with van der Waals surface area (Å²) in [6, 6.07) is 7.62. The Bertz CT molecular complexity index is 914. The van der Waals surface area contributed by atoms with Crippen molar-refractivity contribution in [2.75, 3.05) is 16.9 Å². The van der Waals surface area contributed by atoms with Gasteiger partial charge in [0.1, 0.15) is 5.69 Å². The van der Waals surface area contributed by atoms with Crippen molar-refractivity contribution in [1.82, 2.24) is 15.0 Å². The summed E-state index contributed by atoms with van der Waals surface area (Å²) in [5.74, 6) is -0.558. The molecule has 3 aromatic rings. The highest BCUT2D eigenvalue weighted by atomic mass is 32.2. The number of carbonyl (C=O) groups is 2. The van der Waals surface area contributed by atoms with Crippen LogP contribution in [0.15, 0.2) is 53.1 Å². The Kier molecular flexibility index (Phi) is 5.92. The summed E-state index contributed by atoms with van der Waals surface area (Å²) in [7, 11) is 0. The molecule has 132 valence electrons. The molecule has 0 saturated heterocycles. The number of aromatic nitrogens is 3. The van der Waals surface area contributed by atoms with Gasteiger partial charge in [-0.1, -0.05) is 6.07 Å². The predicted molar refractivity (Wildman–Crippen MR) is 103 cm³/mol. The van der Waals surface area contributed by atoms with E-state index in [9.17, 15) is 9.59 Å². The van der Waals surface area contributed by atoms with Crippen LogP contribution >= 0.6 is 23.1 Å². The van der Waals surface area contributed by atoms with Crippen LogP contribution < -0.4 is 10.6 Å². The van der Waals surface area contributed by atoms with Gasteiger partial charge in [-0.3, -0.25) is 19.9 Å². The molecule has 2 amide bonds. The number of amides is 2. The zero-order chi connectivity index (χ0) is 18.4. The molecule has 0 unspecified atom stereocenters. The van der Waals surface area contributed by atoms with Crippen molar-refractivity contribution in [3.63, 3.8) is 0 Å². The van der Waals surface area contributed by atoms with Crippen molar-refractivity contribution in [2.24, 2.45) is 0 Å². The molecule has 1 aromatic carbocycles. The van der Waals surface area contributed by atoms with E-state index in [-0.39, 0.29) is 18.0 Å². The summed E-state index contributed by atoms with van der Waals surface area (Å²) in [6.45, 7) is 0. The molecule has 0 spiro atoms. The van der Waals surface area contributed by atoms with Crippen molar-refractivity contribution >= 4 is 45.7 Å². The molecular weight excluding hydrogens is 370 g/mol. The Morgan fingerprint density at radius 3 is 2.88 bits per heavy atom.